The van der Waals surface area contributed by atoms with Crippen LogP contribution in [0.15, 0.2) is 24.3 Å². The molecule has 0 heterocycles. The molecule has 1 aromatic carbocycles. The monoisotopic (exact) mass is 220 g/mol. The molecule has 0 saturated heterocycles. The van der Waals surface area contributed by atoms with E-state index in [0.29, 0.717) is 15.7 Å². The lowest BCUT2D eigenvalue weighted by molar-refractivity contribution is 0.141. The summed E-state index contributed by atoms with van der Waals surface area (Å²) in [5.41, 5.74) is 1.35. The molecule has 1 rings (SSSR count). The van der Waals surface area contributed by atoms with Crippen molar-refractivity contribution in [3.8, 4) is 0 Å². The molecule has 0 aliphatic heterocycles. The lowest BCUT2D eigenvalue weighted by Gasteiger charge is -2.20. The summed E-state index contributed by atoms with van der Waals surface area (Å²) in [5.74, 6) is 0.567. The van der Waals surface area contributed by atoms with Gasteiger partial charge in [-0.2, -0.15) is 0 Å². The summed E-state index contributed by atoms with van der Waals surface area (Å²) >= 11 is 0. The topological polar surface area (TPSA) is 9.23 Å². The van der Waals surface area contributed by atoms with Gasteiger partial charge in [0.05, 0.1) is 0 Å². The second-order valence-electron chi connectivity index (χ2n) is 5.06. The fraction of sp³-hybridized carbons (Fsp3) is 0.538. The van der Waals surface area contributed by atoms with E-state index in [-0.39, 0.29) is 5.60 Å². The van der Waals surface area contributed by atoms with Gasteiger partial charge < -0.3 is 4.43 Å². The van der Waals surface area contributed by atoms with Crippen LogP contribution in [0.2, 0.25) is 0 Å². The van der Waals surface area contributed by atoms with Crippen LogP contribution >= 0.6 is 0 Å². The normalized spacial score (nSPS) is 12.1. The lowest BCUT2D eigenvalue weighted by atomic mass is 10.0. The van der Waals surface area contributed by atoms with Crippen molar-refractivity contribution < 1.29 is 4.43 Å². The lowest BCUT2D eigenvalue weighted by Crippen LogP contribution is -2.30. The van der Waals surface area contributed by atoms with Crippen LogP contribution < -0.4 is 5.19 Å². The van der Waals surface area contributed by atoms with Crippen molar-refractivity contribution in [2.24, 2.45) is 0 Å². The zero-order valence-electron chi connectivity index (χ0n) is 10.3. The Kier molecular flexibility index (Phi) is 4.11. The van der Waals surface area contributed by atoms with Crippen LogP contribution in [0.1, 0.15) is 46.1 Å². The first-order valence-electron chi connectivity index (χ1n) is 5.43. The zero-order valence-corrected chi connectivity index (χ0v) is 11.3. The fourth-order valence-corrected chi connectivity index (χ4v) is 2.37. The molecule has 0 saturated carbocycles. The van der Waals surface area contributed by atoms with Gasteiger partial charge in [0.15, 0.2) is 0 Å². The minimum atomic E-state index is -0.0530. The molecule has 82 valence electrons. The van der Waals surface area contributed by atoms with Gasteiger partial charge in [0.2, 0.25) is 0 Å². The Morgan fingerprint density at radius 1 is 1.13 bits per heavy atom. The van der Waals surface area contributed by atoms with E-state index in [0.717, 1.165) is 0 Å². The number of benzene rings is 1. The highest BCUT2D eigenvalue weighted by Gasteiger charge is 2.13. The van der Waals surface area contributed by atoms with Crippen molar-refractivity contribution >= 4 is 14.9 Å². The molecule has 0 spiro atoms. The summed E-state index contributed by atoms with van der Waals surface area (Å²) in [5, 5.41) is 1.34. The first kappa shape index (κ1) is 12.5. The Labute approximate surface area is 95.8 Å². The Balaban J connectivity index is 2.76. The van der Waals surface area contributed by atoms with Gasteiger partial charge in [0, 0.05) is 5.60 Å². The highest BCUT2D eigenvalue weighted by Crippen LogP contribution is 2.12. The van der Waals surface area contributed by atoms with Crippen LogP contribution in [-0.2, 0) is 4.43 Å². The van der Waals surface area contributed by atoms with Crippen molar-refractivity contribution in [1.29, 1.82) is 0 Å². The average molecular weight is 220 g/mol. The largest absolute Gasteiger partial charge is 0.407 e. The van der Waals surface area contributed by atoms with E-state index >= 15 is 0 Å². The van der Waals surface area contributed by atoms with Gasteiger partial charge in [-0.15, -0.1) is 0 Å². The third kappa shape index (κ3) is 4.18. The van der Waals surface area contributed by atoms with Gasteiger partial charge >= 0.3 is 0 Å². The second-order valence-corrected chi connectivity index (χ2v) is 6.01. The summed E-state index contributed by atoms with van der Waals surface area (Å²) in [4.78, 5) is 0. The van der Waals surface area contributed by atoms with Gasteiger partial charge in [-0.1, -0.05) is 38.1 Å². The molecule has 2 heteroatoms. The minimum absolute atomic E-state index is 0.0530. The van der Waals surface area contributed by atoms with E-state index in [1.165, 1.54) is 10.8 Å². The summed E-state index contributed by atoms with van der Waals surface area (Å²) < 4.78 is 5.83. The summed E-state index contributed by atoms with van der Waals surface area (Å²) in [6, 6.07) is 8.54. The van der Waals surface area contributed by atoms with Crippen LogP contribution in [0.25, 0.3) is 0 Å². The summed E-state index contributed by atoms with van der Waals surface area (Å²) in [6.45, 7) is 10.7. The van der Waals surface area contributed by atoms with Crippen LogP contribution in [-0.4, -0.2) is 15.4 Å². The molecular formula is C13H20OSi. The van der Waals surface area contributed by atoms with Crippen molar-refractivity contribution in [2.75, 3.05) is 0 Å². The molecule has 0 aromatic heterocycles. The fourth-order valence-electron chi connectivity index (χ4n) is 1.30. The Morgan fingerprint density at radius 2 is 1.73 bits per heavy atom. The predicted molar refractivity (Wildman–Crippen MR) is 66.8 cm³/mol. The molecule has 1 aromatic rings. The van der Waals surface area contributed by atoms with E-state index in [9.17, 15) is 0 Å². The summed E-state index contributed by atoms with van der Waals surface area (Å²) in [7, 11) is 0.447. The molecular weight excluding hydrogens is 200 g/mol. The van der Waals surface area contributed by atoms with Crippen molar-refractivity contribution in [2.45, 2.75) is 46.1 Å². The molecule has 0 N–H and O–H groups in total. The molecule has 0 aliphatic carbocycles. The van der Waals surface area contributed by atoms with Gasteiger partial charge in [0.25, 0.3) is 9.76 Å². The maximum atomic E-state index is 5.83. The second kappa shape index (κ2) is 4.95. The number of rotatable bonds is 3. The maximum Gasteiger partial charge on any atom is 0.269 e. The van der Waals surface area contributed by atoms with Crippen molar-refractivity contribution in [3.05, 3.63) is 29.8 Å². The molecule has 0 aliphatic rings. The van der Waals surface area contributed by atoms with E-state index < -0.39 is 0 Å². The molecule has 0 atom stereocenters. The van der Waals surface area contributed by atoms with Gasteiger partial charge in [0.1, 0.15) is 0 Å². The first-order chi connectivity index (χ1) is 6.90. The molecule has 15 heavy (non-hydrogen) atoms. The minimum Gasteiger partial charge on any atom is -0.407 e. The molecule has 0 unspecified atom stereocenters. The van der Waals surface area contributed by atoms with E-state index in [4.69, 9.17) is 4.43 Å². The Morgan fingerprint density at radius 3 is 2.27 bits per heavy atom. The van der Waals surface area contributed by atoms with E-state index in [2.05, 4.69) is 58.9 Å². The third-order valence-corrected chi connectivity index (χ3v) is 3.44. The standard InChI is InChI=1S/C13H20OSi/c1-10(2)11-8-6-7-9-12(11)15-14-13(3,4)5/h6-10H,1-5H3. The van der Waals surface area contributed by atoms with Crippen LogP contribution in [0.3, 0.4) is 0 Å². The first-order valence-corrected chi connectivity index (χ1v) is 6.34. The van der Waals surface area contributed by atoms with Crippen LogP contribution in [0.5, 0.6) is 0 Å². The van der Waals surface area contributed by atoms with Crippen LogP contribution in [0.4, 0.5) is 0 Å². The third-order valence-electron chi connectivity index (χ3n) is 2.05. The van der Waals surface area contributed by atoms with Crippen molar-refractivity contribution in [3.63, 3.8) is 0 Å². The highest BCUT2D eigenvalue weighted by molar-refractivity contribution is 6.47. The molecule has 2 radical (unpaired) electrons. The molecule has 0 amide bonds. The molecule has 1 nitrogen and oxygen atoms in total. The van der Waals surface area contributed by atoms with Crippen LogP contribution in [0, 0.1) is 0 Å². The molecule has 0 fully saturated rings. The van der Waals surface area contributed by atoms with E-state index in [1.807, 2.05) is 0 Å². The zero-order chi connectivity index (χ0) is 11.5. The Bertz CT molecular complexity index is 313. The average Bonchev–Trinajstić information content (AvgIpc) is 2.14. The van der Waals surface area contributed by atoms with Gasteiger partial charge in [-0.3, -0.25) is 0 Å². The van der Waals surface area contributed by atoms with Crippen molar-refractivity contribution in [1.82, 2.24) is 0 Å². The quantitative estimate of drug-likeness (QED) is 0.712. The highest BCUT2D eigenvalue weighted by atomic mass is 28.2. The summed E-state index contributed by atoms with van der Waals surface area (Å²) in [6.07, 6.45) is 0. The van der Waals surface area contributed by atoms with Gasteiger partial charge in [-0.05, 0) is 37.4 Å². The van der Waals surface area contributed by atoms with Gasteiger partial charge in [-0.25, -0.2) is 0 Å². The smallest absolute Gasteiger partial charge is 0.269 e. The number of hydrogen-bond donors (Lipinski definition) is 0. The SMILES string of the molecule is CC(C)c1ccccc1[Si]OC(C)(C)C. The maximum absolute atomic E-state index is 5.83. The van der Waals surface area contributed by atoms with E-state index in [1.54, 1.807) is 0 Å². The molecule has 0 bridgehead atoms. The Hall–Kier alpha value is -0.603. The predicted octanol–water partition coefficient (Wildman–Crippen LogP) is 2.87. The number of hydrogen-bond acceptors (Lipinski definition) is 1.